The minimum absolute atomic E-state index is 0.133. The van der Waals surface area contributed by atoms with E-state index in [4.69, 9.17) is 30.9 Å². The van der Waals surface area contributed by atoms with Gasteiger partial charge in [0.05, 0.1) is 17.1 Å². The summed E-state index contributed by atoms with van der Waals surface area (Å²) in [5.74, 6) is 0.133. The molecule has 0 aliphatic carbocycles. The zero-order valence-corrected chi connectivity index (χ0v) is 18.1. The van der Waals surface area contributed by atoms with Crippen molar-refractivity contribution in [2.24, 2.45) is 0 Å². The van der Waals surface area contributed by atoms with Gasteiger partial charge < -0.3 is 39.1 Å². The molecule has 0 saturated carbocycles. The van der Waals surface area contributed by atoms with Gasteiger partial charge in [0.2, 0.25) is 6.29 Å². The van der Waals surface area contributed by atoms with E-state index in [2.05, 4.69) is 4.52 Å². The number of phosphoric acid groups is 1. The van der Waals surface area contributed by atoms with Gasteiger partial charge in [-0.25, -0.2) is 4.57 Å². The van der Waals surface area contributed by atoms with E-state index in [0.29, 0.717) is 0 Å². The standard InChI is InChI=1S/C20H21ClNO9P/c21-13-9-12(22-8-7-11-3-1-2-4-14(11)22)5-6-15(13)30-20-19(25)18(24)17(23)16(31-20)10-29-32(26,27)28/h1-9,16-20,23-25H,10H2,(H2,26,27,28)/t16-,17-,18+,19+,20+/m1/s1. The monoisotopic (exact) mass is 485 g/mol. The van der Waals surface area contributed by atoms with Gasteiger partial charge in [0.15, 0.2) is 0 Å². The number of aliphatic hydroxyl groups excluding tert-OH is 3. The predicted octanol–water partition coefficient (Wildman–Crippen LogP) is 1.58. The van der Waals surface area contributed by atoms with Gasteiger partial charge >= 0.3 is 7.82 Å². The molecule has 1 aromatic heterocycles. The third-order valence-electron chi connectivity index (χ3n) is 5.11. The lowest BCUT2D eigenvalue weighted by Gasteiger charge is -2.40. The normalized spacial score (nSPS) is 26.4. The number of para-hydroxylation sites is 1. The van der Waals surface area contributed by atoms with Crippen LogP contribution in [0, 0.1) is 0 Å². The third kappa shape index (κ3) is 4.84. The number of fused-ring (bicyclic) bond motifs is 1. The van der Waals surface area contributed by atoms with Crippen molar-refractivity contribution in [2.45, 2.75) is 30.7 Å². The van der Waals surface area contributed by atoms with Crippen LogP contribution in [0.5, 0.6) is 5.75 Å². The molecule has 32 heavy (non-hydrogen) atoms. The molecule has 1 fully saturated rings. The summed E-state index contributed by atoms with van der Waals surface area (Å²) in [5, 5.41) is 31.6. The van der Waals surface area contributed by atoms with E-state index in [1.807, 2.05) is 41.1 Å². The minimum atomic E-state index is -4.83. The maximum atomic E-state index is 10.9. The number of phosphoric ester groups is 1. The van der Waals surface area contributed by atoms with Gasteiger partial charge in [0, 0.05) is 11.9 Å². The van der Waals surface area contributed by atoms with Crippen LogP contribution in [-0.4, -0.2) is 67.0 Å². The molecule has 1 aliphatic heterocycles. The van der Waals surface area contributed by atoms with Crippen LogP contribution in [0.25, 0.3) is 16.6 Å². The largest absolute Gasteiger partial charge is 0.469 e. The Morgan fingerprint density at radius 3 is 2.50 bits per heavy atom. The highest BCUT2D eigenvalue weighted by atomic mass is 35.5. The van der Waals surface area contributed by atoms with Crippen LogP contribution in [0.1, 0.15) is 0 Å². The Morgan fingerprint density at radius 1 is 1.03 bits per heavy atom. The zero-order chi connectivity index (χ0) is 23.0. The minimum Gasteiger partial charge on any atom is -0.460 e. The van der Waals surface area contributed by atoms with Gasteiger partial charge in [-0.1, -0.05) is 29.8 Å². The first kappa shape index (κ1) is 23.2. The smallest absolute Gasteiger partial charge is 0.460 e. The number of hydrogen-bond acceptors (Lipinski definition) is 7. The number of aliphatic hydroxyl groups is 3. The van der Waals surface area contributed by atoms with Crippen LogP contribution in [0.3, 0.4) is 0 Å². The van der Waals surface area contributed by atoms with Crippen molar-refractivity contribution in [1.29, 1.82) is 0 Å². The Balaban J connectivity index is 1.53. The van der Waals surface area contributed by atoms with Gasteiger partial charge in [0.1, 0.15) is 30.2 Å². The van der Waals surface area contributed by atoms with Gasteiger partial charge in [0.25, 0.3) is 0 Å². The molecule has 5 N–H and O–H groups in total. The van der Waals surface area contributed by atoms with Crippen molar-refractivity contribution in [1.82, 2.24) is 4.57 Å². The number of hydrogen-bond donors (Lipinski definition) is 5. The first-order valence-electron chi connectivity index (χ1n) is 9.56. The summed E-state index contributed by atoms with van der Waals surface area (Å²) < 4.78 is 28.2. The van der Waals surface area contributed by atoms with E-state index in [-0.39, 0.29) is 10.8 Å². The molecule has 2 heterocycles. The molecule has 4 rings (SSSR count). The molecule has 1 aliphatic rings. The van der Waals surface area contributed by atoms with Crippen LogP contribution < -0.4 is 4.74 Å². The van der Waals surface area contributed by atoms with Gasteiger partial charge in [-0.05, 0) is 35.7 Å². The summed E-state index contributed by atoms with van der Waals surface area (Å²) >= 11 is 6.37. The molecule has 0 radical (unpaired) electrons. The highest BCUT2D eigenvalue weighted by Crippen LogP contribution is 2.37. The van der Waals surface area contributed by atoms with Crippen LogP contribution in [0.2, 0.25) is 5.02 Å². The van der Waals surface area contributed by atoms with Crippen molar-refractivity contribution in [3.8, 4) is 11.4 Å². The lowest BCUT2D eigenvalue weighted by atomic mass is 9.99. The summed E-state index contributed by atoms with van der Waals surface area (Å²) in [6.07, 6.45) is -5.96. The topological polar surface area (TPSA) is 151 Å². The average Bonchev–Trinajstić information content (AvgIpc) is 3.18. The van der Waals surface area contributed by atoms with Gasteiger partial charge in [-0.3, -0.25) is 4.52 Å². The van der Waals surface area contributed by atoms with Crippen molar-refractivity contribution >= 4 is 30.3 Å². The van der Waals surface area contributed by atoms with E-state index in [0.717, 1.165) is 16.6 Å². The highest BCUT2D eigenvalue weighted by Gasteiger charge is 2.45. The van der Waals surface area contributed by atoms with Crippen LogP contribution >= 0.6 is 19.4 Å². The number of aromatic nitrogens is 1. The molecular weight excluding hydrogens is 465 g/mol. The Morgan fingerprint density at radius 2 is 1.78 bits per heavy atom. The van der Waals surface area contributed by atoms with Crippen molar-refractivity contribution in [3.63, 3.8) is 0 Å². The second-order valence-electron chi connectivity index (χ2n) is 7.28. The quantitative estimate of drug-likeness (QED) is 0.328. The summed E-state index contributed by atoms with van der Waals surface area (Å²) in [6, 6.07) is 14.7. The summed E-state index contributed by atoms with van der Waals surface area (Å²) in [5.41, 5.74) is 1.74. The van der Waals surface area contributed by atoms with E-state index >= 15 is 0 Å². The fourth-order valence-corrected chi connectivity index (χ4v) is 4.05. The first-order valence-corrected chi connectivity index (χ1v) is 11.5. The summed E-state index contributed by atoms with van der Waals surface area (Å²) in [6.45, 7) is -0.734. The van der Waals surface area contributed by atoms with Gasteiger partial charge in [-0.15, -0.1) is 0 Å². The number of rotatable bonds is 6. The lowest BCUT2D eigenvalue weighted by molar-refractivity contribution is -0.276. The Hall–Kier alpha value is -1.98. The molecule has 1 saturated heterocycles. The molecule has 3 aromatic rings. The Labute approximate surface area is 187 Å². The number of benzene rings is 2. The van der Waals surface area contributed by atoms with Crippen LogP contribution in [-0.2, 0) is 13.8 Å². The van der Waals surface area contributed by atoms with E-state index in [1.165, 1.54) is 0 Å². The van der Waals surface area contributed by atoms with E-state index in [1.54, 1.807) is 18.2 Å². The maximum absolute atomic E-state index is 10.9. The molecule has 2 aromatic carbocycles. The zero-order valence-electron chi connectivity index (χ0n) is 16.4. The second-order valence-corrected chi connectivity index (χ2v) is 8.92. The molecular formula is C20H21ClNO9P. The van der Waals surface area contributed by atoms with E-state index in [9.17, 15) is 19.9 Å². The maximum Gasteiger partial charge on any atom is 0.469 e. The van der Waals surface area contributed by atoms with Crippen molar-refractivity contribution in [3.05, 3.63) is 59.8 Å². The predicted molar refractivity (Wildman–Crippen MR) is 114 cm³/mol. The molecule has 0 amide bonds. The third-order valence-corrected chi connectivity index (χ3v) is 5.89. The Kier molecular flexibility index (Phi) is 6.60. The number of halogens is 1. The molecule has 0 unspecified atom stereocenters. The molecule has 5 atom stereocenters. The lowest BCUT2D eigenvalue weighted by Crippen LogP contribution is -2.60. The van der Waals surface area contributed by atoms with Gasteiger partial charge in [-0.2, -0.15) is 0 Å². The van der Waals surface area contributed by atoms with Crippen molar-refractivity contribution < 1.29 is 43.7 Å². The van der Waals surface area contributed by atoms with Crippen LogP contribution in [0.15, 0.2) is 54.7 Å². The fourth-order valence-electron chi connectivity index (χ4n) is 3.49. The first-order chi connectivity index (χ1) is 15.1. The molecule has 172 valence electrons. The van der Waals surface area contributed by atoms with Crippen molar-refractivity contribution in [2.75, 3.05) is 6.61 Å². The number of ether oxygens (including phenoxy) is 2. The fraction of sp³-hybridized carbons (Fsp3) is 0.300. The summed E-state index contributed by atoms with van der Waals surface area (Å²) in [7, 11) is -4.83. The highest BCUT2D eigenvalue weighted by molar-refractivity contribution is 7.46. The molecule has 12 heteroatoms. The Bertz CT molecular complexity index is 1150. The average molecular weight is 486 g/mol. The molecule has 0 bridgehead atoms. The second kappa shape index (κ2) is 9.11. The SMILES string of the molecule is O=P(O)(O)OC[C@H]1O[C@H](Oc2ccc(-n3ccc4ccccc43)cc2Cl)[C@@H](O)[C@@H](O)[C@@H]1O. The molecule has 10 nitrogen and oxygen atoms in total. The van der Waals surface area contributed by atoms with Crippen LogP contribution in [0.4, 0.5) is 0 Å². The summed E-state index contributed by atoms with van der Waals surface area (Å²) in [4.78, 5) is 17.7. The van der Waals surface area contributed by atoms with E-state index < -0.39 is 45.1 Å². The molecule has 0 spiro atoms. The number of nitrogens with zero attached hydrogens (tertiary/aromatic N) is 1.